The standard InChI is InChI=1S/C16H26N4O/c1-12(2)9-14(17)16(21)19-11-13-5-6-18-15(10-13)20-7-3-4-8-20/h5-6,10,12,14H,3-4,7-9,11,17H2,1-2H3,(H,19,21)/t14-/m0/s1. The molecule has 5 heteroatoms. The average Bonchev–Trinajstić information content (AvgIpc) is 2.98. The molecule has 1 fully saturated rings. The van der Waals surface area contributed by atoms with E-state index in [4.69, 9.17) is 5.73 Å². The maximum atomic E-state index is 11.9. The van der Waals surface area contributed by atoms with E-state index in [0.717, 1.165) is 24.5 Å². The number of nitrogens with one attached hydrogen (secondary N) is 1. The zero-order valence-electron chi connectivity index (χ0n) is 13.0. The minimum Gasteiger partial charge on any atom is -0.357 e. The summed E-state index contributed by atoms with van der Waals surface area (Å²) in [7, 11) is 0. The van der Waals surface area contributed by atoms with Gasteiger partial charge < -0.3 is 16.0 Å². The molecule has 1 saturated heterocycles. The number of hydrogen-bond acceptors (Lipinski definition) is 4. The van der Waals surface area contributed by atoms with Crippen LogP contribution in [0.15, 0.2) is 18.3 Å². The molecule has 1 aliphatic heterocycles. The van der Waals surface area contributed by atoms with E-state index < -0.39 is 6.04 Å². The Balaban J connectivity index is 1.88. The van der Waals surface area contributed by atoms with Gasteiger partial charge in [0.2, 0.25) is 5.91 Å². The molecule has 21 heavy (non-hydrogen) atoms. The fourth-order valence-corrected chi connectivity index (χ4v) is 2.62. The van der Waals surface area contributed by atoms with Crippen molar-refractivity contribution >= 4 is 11.7 Å². The van der Waals surface area contributed by atoms with Crippen molar-refractivity contribution in [3.05, 3.63) is 23.9 Å². The number of pyridine rings is 1. The van der Waals surface area contributed by atoms with E-state index in [2.05, 4.69) is 35.1 Å². The lowest BCUT2D eigenvalue weighted by Crippen LogP contribution is -2.41. The highest BCUT2D eigenvalue weighted by Crippen LogP contribution is 2.18. The minimum atomic E-state index is -0.426. The molecule has 2 heterocycles. The molecule has 0 saturated carbocycles. The second-order valence-corrected chi connectivity index (χ2v) is 6.17. The summed E-state index contributed by atoms with van der Waals surface area (Å²) in [6.45, 7) is 6.79. The number of nitrogens with zero attached hydrogens (tertiary/aromatic N) is 2. The van der Waals surface area contributed by atoms with Gasteiger partial charge in [-0.3, -0.25) is 4.79 Å². The first-order valence-corrected chi connectivity index (χ1v) is 7.79. The molecule has 5 nitrogen and oxygen atoms in total. The van der Waals surface area contributed by atoms with Crippen LogP contribution in [0.5, 0.6) is 0 Å². The molecule has 2 rings (SSSR count). The van der Waals surface area contributed by atoms with Crippen molar-refractivity contribution in [2.75, 3.05) is 18.0 Å². The number of amides is 1. The second kappa shape index (κ2) is 7.41. The first kappa shape index (κ1) is 15.8. The third-order valence-electron chi connectivity index (χ3n) is 3.77. The highest BCUT2D eigenvalue weighted by atomic mass is 16.2. The summed E-state index contributed by atoms with van der Waals surface area (Å²) in [6.07, 6.45) is 4.98. The van der Waals surface area contributed by atoms with Crippen LogP contribution in [0.2, 0.25) is 0 Å². The van der Waals surface area contributed by atoms with E-state index in [9.17, 15) is 4.79 Å². The van der Waals surface area contributed by atoms with E-state index in [1.54, 1.807) is 0 Å². The topological polar surface area (TPSA) is 71.2 Å². The lowest BCUT2D eigenvalue weighted by atomic mass is 10.0. The van der Waals surface area contributed by atoms with Gasteiger partial charge in [0, 0.05) is 25.8 Å². The molecule has 1 aliphatic rings. The third-order valence-corrected chi connectivity index (χ3v) is 3.77. The Morgan fingerprint density at radius 2 is 2.14 bits per heavy atom. The number of carbonyl (C=O) groups excluding carboxylic acids is 1. The first-order chi connectivity index (χ1) is 10.1. The highest BCUT2D eigenvalue weighted by molar-refractivity contribution is 5.81. The van der Waals surface area contributed by atoms with Gasteiger partial charge >= 0.3 is 0 Å². The maximum Gasteiger partial charge on any atom is 0.237 e. The van der Waals surface area contributed by atoms with Crippen molar-refractivity contribution < 1.29 is 4.79 Å². The van der Waals surface area contributed by atoms with Gasteiger partial charge in [-0.05, 0) is 42.9 Å². The Bertz CT molecular complexity index is 469. The molecule has 0 spiro atoms. The van der Waals surface area contributed by atoms with Crippen molar-refractivity contribution in [3.8, 4) is 0 Å². The van der Waals surface area contributed by atoms with Gasteiger partial charge in [-0.15, -0.1) is 0 Å². The quantitative estimate of drug-likeness (QED) is 0.836. The minimum absolute atomic E-state index is 0.0803. The van der Waals surface area contributed by atoms with Crippen LogP contribution in [-0.2, 0) is 11.3 Å². The molecule has 0 aromatic carbocycles. The Kier molecular flexibility index (Phi) is 5.56. The largest absolute Gasteiger partial charge is 0.357 e. The third kappa shape index (κ3) is 4.70. The zero-order chi connectivity index (χ0) is 15.2. The zero-order valence-corrected chi connectivity index (χ0v) is 13.0. The van der Waals surface area contributed by atoms with Gasteiger partial charge in [0.15, 0.2) is 0 Å². The first-order valence-electron chi connectivity index (χ1n) is 7.79. The fourth-order valence-electron chi connectivity index (χ4n) is 2.62. The molecule has 0 radical (unpaired) electrons. The Labute approximate surface area is 126 Å². The van der Waals surface area contributed by atoms with Gasteiger partial charge in [0.25, 0.3) is 0 Å². The summed E-state index contributed by atoms with van der Waals surface area (Å²) in [5, 5.41) is 2.91. The molecular formula is C16H26N4O. The summed E-state index contributed by atoms with van der Waals surface area (Å²) < 4.78 is 0. The molecule has 0 aliphatic carbocycles. The molecule has 1 aromatic rings. The molecule has 1 aromatic heterocycles. The van der Waals surface area contributed by atoms with E-state index in [0.29, 0.717) is 18.9 Å². The van der Waals surface area contributed by atoms with Gasteiger partial charge in [0.1, 0.15) is 5.82 Å². The van der Waals surface area contributed by atoms with Gasteiger partial charge in [-0.2, -0.15) is 0 Å². The van der Waals surface area contributed by atoms with E-state index >= 15 is 0 Å². The summed E-state index contributed by atoms with van der Waals surface area (Å²) in [4.78, 5) is 18.6. The Morgan fingerprint density at radius 1 is 1.43 bits per heavy atom. The molecule has 3 N–H and O–H groups in total. The average molecular weight is 290 g/mol. The van der Waals surface area contributed by atoms with Gasteiger partial charge in [-0.1, -0.05) is 13.8 Å². The van der Waals surface area contributed by atoms with Crippen LogP contribution in [0.25, 0.3) is 0 Å². The van der Waals surface area contributed by atoms with Crippen molar-refractivity contribution in [1.29, 1.82) is 0 Å². The number of hydrogen-bond donors (Lipinski definition) is 2. The van der Waals surface area contributed by atoms with Gasteiger partial charge in [0.05, 0.1) is 6.04 Å². The lowest BCUT2D eigenvalue weighted by molar-refractivity contribution is -0.122. The van der Waals surface area contributed by atoms with Crippen LogP contribution >= 0.6 is 0 Å². The van der Waals surface area contributed by atoms with Crippen LogP contribution in [0.1, 0.15) is 38.7 Å². The smallest absolute Gasteiger partial charge is 0.237 e. The predicted octanol–water partition coefficient (Wildman–Crippen LogP) is 1.67. The molecule has 0 unspecified atom stereocenters. The van der Waals surface area contributed by atoms with Crippen molar-refractivity contribution in [3.63, 3.8) is 0 Å². The monoisotopic (exact) mass is 290 g/mol. The summed E-state index contributed by atoms with van der Waals surface area (Å²) in [6, 6.07) is 3.57. The van der Waals surface area contributed by atoms with Crippen molar-refractivity contribution in [1.82, 2.24) is 10.3 Å². The molecule has 1 atom stereocenters. The highest BCUT2D eigenvalue weighted by Gasteiger charge is 2.16. The Morgan fingerprint density at radius 3 is 2.81 bits per heavy atom. The maximum absolute atomic E-state index is 11.9. The number of rotatable bonds is 6. The van der Waals surface area contributed by atoms with Crippen LogP contribution in [0, 0.1) is 5.92 Å². The molecule has 116 valence electrons. The van der Waals surface area contributed by atoms with Gasteiger partial charge in [-0.25, -0.2) is 4.98 Å². The number of nitrogens with two attached hydrogens (primary N) is 1. The summed E-state index contributed by atoms with van der Waals surface area (Å²) in [5.41, 5.74) is 6.95. The number of carbonyl (C=O) groups is 1. The molecular weight excluding hydrogens is 264 g/mol. The molecule has 0 bridgehead atoms. The van der Waals surface area contributed by atoms with E-state index in [1.807, 2.05) is 12.3 Å². The van der Waals surface area contributed by atoms with Crippen molar-refractivity contribution in [2.45, 2.75) is 45.7 Å². The summed E-state index contributed by atoms with van der Waals surface area (Å²) in [5.74, 6) is 1.35. The predicted molar refractivity (Wildman–Crippen MR) is 85.0 cm³/mol. The van der Waals surface area contributed by atoms with E-state index in [1.165, 1.54) is 12.8 Å². The fraction of sp³-hybridized carbons (Fsp3) is 0.625. The van der Waals surface area contributed by atoms with Crippen LogP contribution in [0.3, 0.4) is 0 Å². The van der Waals surface area contributed by atoms with Crippen LogP contribution in [0.4, 0.5) is 5.82 Å². The van der Waals surface area contributed by atoms with Crippen molar-refractivity contribution in [2.24, 2.45) is 11.7 Å². The summed E-state index contributed by atoms with van der Waals surface area (Å²) >= 11 is 0. The Hall–Kier alpha value is -1.62. The van der Waals surface area contributed by atoms with Crippen LogP contribution < -0.4 is 16.0 Å². The lowest BCUT2D eigenvalue weighted by Gasteiger charge is -2.17. The number of aromatic nitrogens is 1. The SMILES string of the molecule is CC(C)C[C@H](N)C(=O)NCc1ccnc(N2CCCC2)c1. The molecule has 1 amide bonds. The number of anilines is 1. The normalized spacial score (nSPS) is 16.3. The van der Waals surface area contributed by atoms with E-state index in [-0.39, 0.29) is 5.91 Å². The second-order valence-electron chi connectivity index (χ2n) is 6.17. The van der Waals surface area contributed by atoms with Crippen LogP contribution in [-0.4, -0.2) is 30.0 Å².